The van der Waals surface area contributed by atoms with Gasteiger partial charge in [0.1, 0.15) is 0 Å². The predicted molar refractivity (Wildman–Crippen MR) is 63.3 cm³/mol. The average molecular weight is 522 g/mol. The summed E-state index contributed by atoms with van der Waals surface area (Å²) in [5.74, 6) is -59.9. The molecule has 3 nitrogen and oxygen atoms in total. The number of ether oxygens (including phenoxy) is 1. The van der Waals surface area contributed by atoms with E-state index in [1.807, 2.05) is 0 Å². The van der Waals surface area contributed by atoms with Gasteiger partial charge in [0.05, 0.1) is 13.5 Å². The molecule has 1 unspecified atom stereocenters. The number of aliphatic hydroxyl groups excluding tert-OH is 1. The van der Waals surface area contributed by atoms with Gasteiger partial charge in [-0.2, -0.15) is 74.6 Å². The lowest BCUT2D eigenvalue weighted by molar-refractivity contribution is -0.462. The van der Waals surface area contributed by atoms with E-state index in [1.165, 1.54) is 0 Å². The summed E-state index contributed by atoms with van der Waals surface area (Å²) in [6.45, 7) is 0. The number of alkyl halides is 17. The van der Waals surface area contributed by atoms with Crippen molar-refractivity contribution >= 4 is 5.97 Å². The zero-order chi connectivity index (χ0) is 26.6. The van der Waals surface area contributed by atoms with E-state index in [-0.39, 0.29) is 7.11 Å². The summed E-state index contributed by atoms with van der Waals surface area (Å²) >= 11 is 0. The van der Waals surface area contributed by atoms with Crippen molar-refractivity contribution < 1.29 is 89.3 Å². The fourth-order valence-electron chi connectivity index (χ4n) is 1.79. The van der Waals surface area contributed by atoms with Gasteiger partial charge in [-0.3, -0.25) is 0 Å². The zero-order valence-electron chi connectivity index (χ0n) is 14.5. The van der Waals surface area contributed by atoms with Crippen molar-refractivity contribution in [3.63, 3.8) is 0 Å². The maximum atomic E-state index is 13.4. The molecule has 1 N–H and O–H groups in total. The molecule has 0 rings (SSSR count). The Bertz CT molecular complexity index is 695. The van der Waals surface area contributed by atoms with E-state index in [1.54, 1.807) is 0 Å². The largest absolute Gasteiger partial charge is 0.467 e. The summed E-state index contributed by atoms with van der Waals surface area (Å²) in [5.41, 5.74) is 0. The average Bonchev–Trinajstić information content (AvgIpc) is 2.58. The summed E-state index contributed by atoms with van der Waals surface area (Å²) in [6.07, 6.45) is -14.6. The van der Waals surface area contributed by atoms with Crippen molar-refractivity contribution in [3.8, 4) is 0 Å². The molecule has 0 saturated carbocycles. The molecule has 0 aliphatic rings. The van der Waals surface area contributed by atoms with Crippen LogP contribution in [0.15, 0.2) is 0 Å². The van der Waals surface area contributed by atoms with Gasteiger partial charge >= 0.3 is 53.6 Å². The second-order valence-electron chi connectivity index (χ2n) is 5.89. The Morgan fingerprint density at radius 2 is 0.906 bits per heavy atom. The second kappa shape index (κ2) is 7.93. The molecule has 0 bridgehead atoms. The first-order valence-electron chi connectivity index (χ1n) is 7.09. The first-order chi connectivity index (χ1) is 13.6. The number of hydrogen-bond acceptors (Lipinski definition) is 3. The van der Waals surface area contributed by atoms with Crippen molar-refractivity contribution in [1.82, 2.24) is 0 Å². The lowest BCUT2D eigenvalue weighted by Gasteiger charge is -2.42. The number of rotatable bonds is 9. The van der Waals surface area contributed by atoms with E-state index in [2.05, 4.69) is 4.74 Å². The van der Waals surface area contributed by atoms with Gasteiger partial charge in [0.2, 0.25) is 0 Å². The minimum absolute atomic E-state index is 0.286. The predicted octanol–water partition coefficient (Wildman–Crippen LogP) is 4.92. The van der Waals surface area contributed by atoms with Gasteiger partial charge in [0.25, 0.3) is 0 Å². The van der Waals surface area contributed by atoms with Gasteiger partial charge < -0.3 is 9.84 Å². The van der Waals surface area contributed by atoms with E-state index in [0.29, 0.717) is 0 Å². The third-order valence-electron chi connectivity index (χ3n) is 3.71. The Hall–Kier alpha value is -1.76. The van der Waals surface area contributed by atoms with Gasteiger partial charge in [-0.15, -0.1) is 0 Å². The minimum atomic E-state index is -8.73. The summed E-state index contributed by atoms with van der Waals surface area (Å²) in [6, 6.07) is 0. The maximum Gasteiger partial charge on any atom is 0.460 e. The summed E-state index contributed by atoms with van der Waals surface area (Å²) < 4.78 is 224. The third kappa shape index (κ3) is 4.02. The molecule has 0 aliphatic heterocycles. The number of aliphatic hydroxyl groups is 1. The molecule has 0 saturated heterocycles. The normalized spacial score (nSPS) is 16.7. The Morgan fingerprint density at radius 3 is 1.19 bits per heavy atom. The molecule has 0 amide bonds. The van der Waals surface area contributed by atoms with Crippen LogP contribution in [0.1, 0.15) is 6.42 Å². The summed E-state index contributed by atoms with van der Waals surface area (Å²) in [5, 5.41) is 8.76. The van der Waals surface area contributed by atoms with Crippen LogP contribution < -0.4 is 0 Å². The van der Waals surface area contributed by atoms with Crippen molar-refractivity contribution in [3.05, 3.63) is 0 Å². The van der Waals surface area contributed by atoms with Crippen LogP contribution in [0.2, 0.25) is 0 Å². The van der Waals surface area contributed by atoms with Crippen molar-refractivity contribution in [1.29, 1.82) is 0 Å². The number of halogens is 17. The van der Waals surface area contributed by atoms with Crippen LogP contribution in [-0.2, 0) is 9.53 Å². The molecule has 1 atom stereocenters. The van der Waals surface area contributed by atoms with Gasteiger partial charge in [0.15, 0.2) is 6.10 Å². The number of carbonyl (C=O) groups is 1. The van der Waals surface area contributed by atoms with Crippen LogP contribution >= 0.6 is 0 Å². The van der Waals surface area contributed by atoms with E-state index in [9.17, 15) is 79.4 Å². The molecule has 192 valence electrons. The van der Waals surface area contributed by atoms with Crippen molar-refractivity contribution in [2.75, 3.05) is 7.11 Å². The SMILES string of the molecule is COC(=O)C(O)CC(F)(F)C(F)(F)C(F)(F)C(F)(F)C(F)(F)C(F)(F)C(F)(F)C(F)(F)F. The zero-order valence-corrected chi connectivity index (χ0v) is 14.5. The monoisotopic (exact) mass is 522 g/mol. The number of hydrogen-bond donors (Lipinski definition) is 1. The highest BCUT2D eigenvalue weighted by Crippen LogP contribution is 2.64. The molecule has 0 aliphatic carbocycles. The molecular formula is C12H7F17O3. The maximum absolute atomic E-state index is 13.4. The van der Waals surface area contributed by atoms with Crippen LogP contribution in [-0.4, -0.2) is 71.9 Å². The van der Waals surface area contributed by atoms with Crippen molar-refractivity contribution in [2.45, 2.75) is 60.2 Å². The number of esters is 1. The molecule has 0 spiro atoms. The Kier molecular flexibility index (Phi) is 7.49. The third-order valence-corrected chi connectivity index (χ3v) is 3.71. The van der Waals surface area contributed by atoms with Crippen LogP contribution in [0.25, 0.3) is 0 Å². The molecule has 20 heteroatoms. The molecule has 0 aromatic carbocycles. The van der Waals surface area contributed by atoms with Crippen LogP contribution in [0.5, 0.6) is 0 Å². The lowest BCUT2D eigenvalue weighted by Crippen LogP contribution is -2.74. The van der Waals surface area contributed by atoms with Crippen LogP contribution in [0.3, 0.4) is 0 Å². The Labute approximate surface area is 164 Å². The quantitative estimate of drug-likeness (QED) is 0.346. The first-order valence-corrected chi connectivity index (χ1v) is 7.09. The minimum Gasteiger partial charge on any atom is -0.467 e. The van der Waals surface area contributed by atoms with Crippen LogP contribution in [0.4, 0.5) is 74.6 Å². The van der Waals surface area contributed by atoms with Crippen molar-refractivity contribution in [2.24, 2.45) is 0 Å². The van der Waals surface area contributed by atoms with E-state index >= 15 is 0 Å². The topological polar surface area (TPSA) is 46.5 Å². The molecule has 0 radical (unpaired) electrons. The van der Waals surface area contributed by atoms with Gasteiger partial charge in [-0.25, -0.2) is 4.79 Å². The Balaban J connectivity index is 6.62. The molecular weight excluding hydrogens is 515 g/mol. The summed E-state index contributed by atoms with van der Waals surface area (Å²) in [4.78, 5) is 10.7. The first kappa shape index (κ1) is 30.2. The molecule has 32 heavy (non-hydrogen) atoms. The van der Waals surface area contributed by atoms with Crippen LogP contribution in [0, 0.1) is 0 Å². The number of methoxy groups -OCH3 is 1. The van der Waals surface area contributed by atoms with E-state index in [0.717, 1.165) is 0 Å². The fourth-order valence-corrected chi connectivity index (χ4v) is 1.79. The highest BCUT2D eigenvalue weighted by Gasteiger charge is 2.95. The van der Waals surface area contributed by atoms with Gasteiger partial charge in [-0.05, 0) is 0 Å². The van der Waals surface area contributed by atoms with E-state index in [4.69, 9.17) is 5.11 Å². The molecule has 0 heterocycles. The smallest absolute Gasteiger partial charge is 0.460 e. The standard InChI is InChI=1S/C12H7F17O3/c1-32-4(31)3(30)2-5(13,14)6(15,16)7(17,18)8(19,20)9(21,22)10(23,24)11(25,26)12(27,28)29/h3,30H,2H2,1H3. The molecule has 0 aromatic rings. The molecule has 0 fully saturated rings. The molecule has 0 aromatic heterocycles. The number of carbonyl (C=O) groups excluding carboxylic acids is 1. The van der Waals surface area contributed by atoms with Gasteiger partial charge in [-0.1, -0.05) is 0 Å². The lowest BCUT2D eigenvalue weighted by atomic mass is 9.87. The van der Waals surface area contributed by atoms with Gasteiger partial charge in [0, 0.05) is 0 Å². The Morgan fingerprint density at radius 1 is 0.625 bits per heavy atom. The fraction of sp³-hybridized carbons (Fsp3) is 0.917. The second-order valence-corrected chi connectivity index (χ2v) is 5.89. The highest BCUT2D eigenvalue weighted by molar-refractivity contribution is 5.74. The van der Waals surface area contributed by atoms with E-state index < -0.39 is 66.1 Å². The summed E-state index contributed by atoms with van der Waals surface area (Å²) in [7, 11) is 0.286. The highest BCUT2D eigenvalue weighted by atomic mass is 19.4.